The zero-order valence-corrected chi connectivity index (χ0v) is 9.73. The molecule has 0 aliphatic rings. The molecule has 0 aromatic heterocycles. The molecular formula is C12H24. The smallest absolute Gasteiger partial charge is 0.0209 e. The van der Waals surface area contributed by atoms with Crippen LogP contribution < -0.4 is 0 Å². The zero-order valence-electron chi connectivity index (χ0n) is 9.73. The fraction of sp³-hybridized carbons (Fsp3) is 0.833. The molecule has 0 spiro atoms. The average molecular weight is 168 g/mol. The Morgan fingerprint density at radius 2 is 1.17 bits per heavy atom. The minimum Gasteiger partial charge on any atom is -0.0716 e. The maximum atomic E-state index is 2.33. The first-order valence-corrected chi connectivity index (χ1v) is 5.05. The molecule has 0 aromatic rings. The monoisotopic (exact) mass is 168 g/mol. The van der Waals surface area contributed by atoms with Gasteiger partial charge in [0.25, 0.3) is 0 Å². The molecule has 0 aliphatic carbocycles. The van der Waals surface area contributed by atoms with Gasteiger partial charge in [-0.15, -0.1) is 0 Å². The predicted molar refractivity (Wildman–Crippen MR) is 57.2 cm³/mol. The molecule has 1 atom stereocenters. The van der Waals surface area contributed by atoms with Crippen LogP contribution >= 0.6 is 0 Å². The zero-order chi connectivity index (χ0) is 9.89. The molecule has 0 saturated carbocycles. The number of rotatable bonds is 3. The highest BCUT2D eigenvalue weighted by Crippen LogP contribution is 2.25. The molecule has 0 rings (SSSR count). The fourth-order valence-electron chi connectivity index (χ4n) is 1.31. The normalized spacial score (nSPS) is 16.8. The van der Waals surface area contributed by atoms with Crippen molar-refractivity contribution >= 4 is 0 Å². The van der Waals surface area contributed by atoms with Gasteiger partial charge in [-0.2, -0.15) is 0 Å². The van der Waals surface area contributed by atoms with Crippen molar-refractivity contribution in [2.45, 2.75) is 48.5 Å². The summed E-state index contributed by atoms with van der Waals surface area (Å²) in [5.74, 6) is 2.19. The minimum absolute atomic E-state index is 0.700. The van der Waals surface area contributed by atoms with Crippen LogP contribution in [-0.4, -0.2) is 0 Å². The van der Waals surface area contributed by atoms with Crippen LogP contribution in [0.15, 0.2) is 11.1 Å². The van der Waals surface area contributed by atoms with Crippen molar-refractivity contribution in [3.05, 3.63) is 11.1 Å². The van der Waals surface area contributed by atoms with E-state index in [1.165, 1.54) is 0 Å². The summed E-state index contributed by atoms with van der Waals surface area (Å²) < 4.78 is 0. The van der Waals surface area contributed by atoms with Gasteiger partial charge in [0.2, 0.25) is 0 Å². The van der Waals surface area contributed by atoms with E-state index >= 15 is 0 Å². The molecule has 0 nitrogen and oxygen atoms in total. The Kier molecular flexibility index (Phi) is 4.59. The highest BCUT2D eigenvalue weighted by Gasteiger charge is 2.12. The Bertz CT molecular complexity index is 161. The van der Waals surface area contributed by atoms with Gasteiger partial charge in [0.05, 0.1) is 0 Å². The molecule has 0 radical (unpaired) electrons. The van der Waals surface area contributed by atoms with E-state index in [9.17, 15) is 0 Å². The summed E-state index contributed by atoms with van der Waals surface area (Å²) in [5.41, 5.74) is 3.15. The van der Waals surface area contributed by atoms with Crippen LogP contribution in [0.1, 0.15) is 48.5 Å². The van der Waals surface area contributed by atoms with Crippen molar-refractivity contribution in [3.63, 3.8) is 0 Å². The summed E-state index contributed by atoms with van der Waals surface area (Å²) in [6.07, 6.45) is 0. The largest absolute Gasteiger partial charge is 0.0716 e. The van der Waals surface area contributed by atoms with Crippen LogP contribution in [0.25, 0.3) is 0 Å². The molecule has 0 fully saturated rings. The van der Waals surface area contributed by atoms with Gasteiger partial charge in [-0.1, -0.05) is 45.8 Å². The van der Waals surface area contributed by atoms with Gasteiger partial charge in [-0.05, 0) is 31.6 Å². The summed E-state index contributed by atoms with van der Waals surface area (Å²) in [6, 6.07) is 0. The summed E-state index contributed by atoms with van der Waals surface area (Å²) >= 11 is 0. The van der Waals surface area contributed by atoms with Crippen molar-refractivity contribution in [2.24, 2.45) is 17.8 Å². The number of allylic oxidation sites excluding steroid dienone is 2. The molecule has 0 N–H and O–H groups in total. The number of hydrogen-bond donors (Lipinski definition) is 0. The molecule has 0 aliphatic heterocycles. The highest BCUT2D eigenvalue weighted by atomic mass is 14.2. The quantitative estimate of drug-likeness (QED) is 0.552. The molecule has 12 heavy (non-hydrogen) atoms. The topological polar surface area (TPSA) is 0 Å². The maximum Gasteiger partial charge on any atom is -0.0209 e. The molecular weight excluding hydrogens is 144 g/mol. The Morgan fingerprint density at radius 3 is 1.42 bits per heavy atom. The lowest BCUT2D eigenvalue weighted by molar-refractivity contribution is 0.471. The van der Waals surface area contributed by atoms with Gasteiger partial charge in [0.1, 0.15) is 0 Å². The Labute approximate surface area is 78.1 Å². The lowest BCUT2D eigenvalue weighted by Gasteiger charge is -2.21. The maximum absolute atomic E-state index is 2.33. The third kappa shape index (κ3) is 3.00. The van der Waals surface area contributed by atoms with Gasteiger partial charge in [0, 0.05) is 0 Å². The van der Waals surface area contributed by atoms with Crippen molar-refractivity contribution in [3.8, 4) is 0 Å². The third-order valence-electron chi connectivity index (χ3n) is 3.17. The van der Waals surface area contributed by atoms with Gasteiger partial charge in [0.15, 0.2) is 0 Å². The summed E-state index contributed by atoms with van der Waals surface area (Å²) in [7, 11) is 0. The van der Waals surface area contributed by atoms with E-state index in [0.29, 0.717) is 5.92 Å². The van der Waals surface area contributed by atoms with E-state index in [4.69, 9.17) is 0 Å². The first-order chi connectivity index (χ1) is 5.37. The van der Waals surface area contributed by atoms with E-state index in [2.05, 4.69) is 48.5 Å². The molecule has 0 bridgehead atoms. The van der Waals surface area contributed by atoms with Gasteiger partial charge >= 0.3 is 0 Å². The van der Waals surface area contributed by atoms with Crippen LogP contribution in [0.5, 0.6) is 0 Å². The molecule has 0 heterocycles. The summed E-state index contributed by atoms with van der Waals surface area (Å²) in [6.45, 7) is 16.0. The molecule has 0 aromatic carbocycles. The number of hydrogen-bond acceptors (Lipinski definition) is 0. The predicted octanol–water partition coefficient (Wildman–Crippen LogP) is 4.27. The van der Waals surface area contributed by atoms with Crippen LogP contribution in [0.4, 0.5) is 0 Å². The van der Waals surface area contributed by atoms with Crippen LogP contribution in [0, 0.1) is 17.8 Å². The standard InChI is InChI=1S/C12H24/c1-8(2)10(5)12(7)11(6)9(3)4/h8-10H,1-7H3/b12-11-/t10-/m0/s1. The van der Waals surface area contributed by atoms with Gasteiger partial charge in [-0.3, -0.25) is 0 Å². The Balaban J connectivity index is 4.54. The molecule has 0 amide bonds. The highest BCUT2D eigenvalue weighted by molar-refractivity contribution is 5.14. The molecule has 0 unspecified atom stereocenters. The van der Waals surface area contributed by atoms with Crippen molar-refractivity contribution in [1.29, 1.82) is 0 Å². The van der Waals surface area contributed by atoms with E-state index in [1.807, 2.05) is 0 Å². The Morgan fingerprint density at radius 1 is 0.750 bits per heavy atom. The first-order valence-electron chi connectivity index (χ1n) is 5.05. The summed E-state index contributed by atoms with van der Waals surface area (Å²) in [5, 5.41) is 0. The van der Waals surface area contributed by atoms with Gasteiger partial charge < -0.3 is 0 Å². The third-order valence-corrected chi connectivity index (χ3v) is 3.17. The van der Waals surface area contributed by atoms with Gasteiger partial charge in [-0.25, -0.2) is 0 Å². The summed E-state index contributed by atoms with van der Waals surface area (Å²) in [4.78, 5) is 0. The second kappa shape index (κ2) is 4.69. The molecule has 0 heteroatoms. The second-order valence-corrected chi connectivity index (χ2v) is 4.55. The lowest BCUT2D eigenvalue weighted by atomic mass is 9.85. The SMILES string of the molecule is C/C(=C(\C)[C@@H](C)C(C)C)C(C)C. The Hall–Kier alpha value is -0.260. The minimum atomic E-state index is 0.700. The lowest BCUT2D eigenvalue weighted by Crippen LogP contribution is -2.08. The van der Waals surface area contributed by atoms with E-state index < -0.39 is 0 Å². The average Bonchev–Trinajstić information content (AvgIpc) is 2.00. The van der Waals surface area contributed by atoms with Crippen LogP contribution in [0.3, 0.4) is 0 Å². The molecule has 72 valence electrons. The van der Waals surface area contributed by atoms with E-state index in [0.717, 1.165) is 11.8 Å². The van der Waals surface area contributed by atoms with Crippen LogP contribution in [0.2, 0.25) is 0 Å². The van der Waals surface area contributed by atoms with E-state index in [-0.39, 0.29) is 0 Å². The first kappa shape index (κ1) is 11.7. The van der Waals surface area contributed by atoms with Crippen molar-refractivity contribution in [2.75, 3.05) is 0 Å². The van der Waals surface area contributed by atoms with E-state index in [1.54, 1.807) is 11.1 Å². The molecule has 0 saturated heterocycles. The van der Waals surface area contributed by atoms with Crippen molar-refractivity contribution in [1.82, 2.24) is 0 Å². The van der Waals surface area contributed by atoms with Crippen molar-refractivity contribution < 1.29 is 0 Å². The van der Waals surface area contributed by atoms with Crippen LogP contribution in [-0.2, 0) is 0 Å². The second-order valence-electron chi connectivity index (χ2n) is 4.55. The fourth-order valence-corrected chi connectivity index (χ4v) is 1.31.